The Morgan fingerprint density at radius 3 is 2.32 bits per heavy atom. The molecule has 2 unspecified atom stereocenters. The van der Waals surface area contributed by atoms with Crippen LogP contribution in [0.25, 0.3) is 0 Å². The van der Waals surface area contributed by atoms with Crippen LogP contribution in [0.15, 0.2) is 60.7 Å². The Bertz CT molecular complexity index is 714. The van der Waals surface area contributed by atoms with Gasteiger partial charge in [-0.2, -0.15) is 0 Å². The number of nitrogens with zero attached hydrogens (tertiary/aromatic N) is 1. The van der Waals surface area contributed by atoms with Crippen LogP contribution in [0.1, 0.15) is 24.0 Å². The molecule has 0 spiro atoms. The molecule has 0 N–H and O–H groups in total. The van der Waals surface area contributed by atoms with Crippen molar-refractivity contribution in [3.8, 4) is 0 Å². The van der Waals surface area contributed by atoms with E-state index in [9.17, 15) is 9.59 Å². The number of carbonyl (C=O) groups is 2. The van der Waals surface area contributed by atoms with Crippen LogP contribution in [-0.4, -0.2) is 36.3 Å². The fraction of sp³-hybridized carbons (Fsp3) is 0.333. The molecule has 1 aliphatic heterocycles. The molecule has 1 aliphatic rings. The summed E-state index contributed by atoms with van der Waals surface area (Å²) in [4.78, 5) is 27.4. The SMILES string of the molecule is CCOC(=O)C1CN(Cc2ccccc2)CC(c2ccccc2)C1=O. The highest BCUT2D eigenvalue weighted by Crippen LogP contribution is 2.29. The summed E-state index contributed by atoms with van der Waals surface area (Å²) in [6, 6.07) is 19.8. The number of ether oxygens (including phenoxy) is 1. The lowest BCUT2D eigenvalue weighted by atomic mass is 9.83. The zero-order chi connectivity index (χ0) is 17.6. The molecular formula is C21H23NO3. The van der Waals surface area contributed by atoms with E-state index in [4.69, 9.17) is 4.74 Å². The molecule has 130 valence electrons. The summed E-state index contributed by atoms with van der Waals surface area (Å²) in [7, 11) is 0. The van der Waals surface area contributed by atoms with Crippen molar-refractivity contribution in [2.24, 2.45) is 5.92 Å². The molecule has 0 aromatic heterocycles. The zero-order valence-electron chi connectivity index (χ0n) is 14.4. The second kappa shape index (κ2) is 8.08. The van der Waals surface area contributed by atoms with Crippen molar-refractivity contribution in [1.29, 1.82) is 0 Å². The van der Waals surface area contributed by atoms with Crippen molar-refractivity contribution in [2.75, 3.05) is 19.7 Å². The Balaban J connectivity index is 1.84. The highest BCUT2D eigenvalue weighted by molar-refractivity contribution is 6.03. The molecule has 0 radical (unpaired) electrons. The maximum Gasteiger partial charge on any atom is 0.317 e. The molecule has 0 aliphatic carbocycles. The van der Waals surface area contributed by atoms with E-state index in [-0.39, 0.29) is 18.3 Å². The highest BCUT2D eigenvalue weighted by atomic mass is 16.5. The normalized spacial score (nSPS) is 21.1. The molecule has 3 rings (SSSR count). The Kier molecular flexibility index (Phi) is 5.61. The molecule has 25 heavy (non-hydrogen) atoms. The number of carbonyl (C=O) groups excluding carboxylic acids is 2. The average Bonchev–Trinajstić information content (AvgIpc) is 2.65. The van der Waals surface area contributed by atoms with Gasteiger partial charge in [0.15, 0.2) is 5.78 Å². The summed E-state index contributed by atoms with van der Waals surface area (Å²) in [6.07, 6.45) is 0. The standard InChI is InChI=1S/C21H23NO3/c1-2-25-21(24)19-15-22(13-16-9-5-3-6-10-16)14-18(20(19)23)17-11-7-4-8-12-17/h3-12,18-19H,2,13-15H2,1H3. The van der Waals surface area contributed by atoms with Crippen LogP contribution in [0, 0.1) is 5.92 Å². The summed E-state index contributed by atoms with van der Waals surface area (Å²) in [5.41, 5.74) is 2.13. The van der Waals surface area contributed by atoms with Gasteiger partial charge in [0.05, 0.1) is 12.5 Å². The van der Waals surface area contributed by atoms with Gasteiger partial charge in [-0.3, -0.25) is 14.5 Å². The third kappa shape index (κ3) is 4.15. The Hall–Kier alpha value is -2.46. The number of Topliss-reactive ketones (excluding diaryl/α,β-unsaturated/α-hetero) is 1. The van der Waals surface area contributed by atoms with Crippen molar-refractivity contribution in [1.82, 2.24) is 4.90 Å². The third-order valence-corrected chi connectivity index (χ3v) is 4.59. The molecule has 1 saturated heterocycles. The maximum atomic E-state index is 12.9. The summed E-state index contributed by atoms with van der Waals surface area (Å²) in [6.45, 7) is 3.80. The van der Waals surface area contributed by atoms with Crippen LogP contribution in [0.2, 0.25) is 0 Å². The van der Waals surface area contributed by atoms with Crippen molar-refractivity contribution >= 4 is 11.8 Å². The van der Waals surface area contributed by atoms with Gasteiger partial charge in [0.25, 0.3) is 0 Å². The predicted molar refractivity (Wildman–Crippen MR) is 96.0 cm³/mol. The quantitative estimate of drug-likeness (QED) is 0.621. The molecule has 4 nitrogen and oxygen atoms in total. The number of esters is 1. The topological polar surface area (TPSA) is 46.6 Å². The van der Waals surface area contributed by atoms with Gasteiger partial charge in [0.1, 0.15) is 5.92 Å². The minimum Gasteiger partial charge on any atom is -0.465 e. The van der Waals surface area contributed by atoms with Crippen molar-refractivity contribution < 1.29 is 14.3 Å². The molecular weight excluding hydrogens is 314 g/mol. The second-order valence-electron chi connectivity index (χ2n) is 6.35. The Labute approximate surface area is 148 Å². The van der Waals surface area contributed by atoms with Gasteiger partial charge in [0, 0.05) is 19.6 Å². The lowest BCUT2D eigenvalue weighted by Crippen LogP contribution is -2.48. The van der Waals surface area contributed by atoms with E-state index in [1.165, 1.54) is 5.56 Å². The van der Waals surface area contributed by atoms with E-state index < -0.39 is 11.9 Å². The molecule has 0 amide bonds. The molecule has 2 atom stereocenters. The van der Waals surface area contributed by atoms with E-state index >= 15 is 0 Å². The number of likely N-dealkylation sites (tertiary alicyclic amines) is 1. The van der Waals surface area contributed by atoms with Gasteiger partial charge < -0.3 is 4.74 Å². The van der Waals surface area contributed by atoms with Crippen LogP contribution in [0.5, 0.6) is 0 Å². The van der Waals surface area contributed by atoms with Crippen LogP contribution in [0.4, 0.5) is 0 Å². The highest BCUT2D eigenvalue weighted by Gasteiger charge is 2.40. The number of piperidine rings is 1. The second-order valence-corrected chi connectivity index (χ2v) is 6.35. The Morgan fingerprint density at radius 1 is 1.04 bits per heavy atom. The van der Waals surface area contributed by atoms with Crippen LogP contribution in [-0.2, 0) is 20.9 Å². The summed E-state index contributed by atoms with van der Waals surface area (Å²) in [5.74, 6) is -1.46. The average molecular weight is 337 g/mol. The van der Waals surface area contributed by atoms with Crippen molar-refractivity contribution in [2.45, 2.75) is 19.4 Å². The predicted octanol–water partition coefficient (Wildman–Crippen LogP) is 3.03. The first-order chi connectivity index (χ1) is 12.2. The number of hydrogen-bond acceptors (Lipinski definition) is 4. The molecule has 4 heteroatoms. The molecule has 2 aromatic rings. The van der Waals surface area contributed by atoms with Crippen LogP contribution >= 0.6 is 0 Å². The number of ketones is 1. The third-order valence-electron chi connectivity index (χ3n) is 4.59. The van der Waals surface area contributed by atoms with Crippen LogP contribution in [0.3, 0.4) is 0 Å². The van der Waals surface area contributed by atoms with Crippen molar-refractivity contribution in [3.63, 3.8) is 0 Å². The minimum absolute atomic E-state index is 0.0334. The Morgan fingerprint density at radius 2 is 1.68 bits per heavy atom. The monoisotopic (exact) mass is 337 g/mol. The first-order valence-corrected chi connectivity index (χ1v) is 8.70. The van der Waals surface area contributed by atoms with E-state index in [0.717, 1.165) is 5.56 Å². The van der Waals surface area contributed by atoms with Crippen molar-refractivity contribution in [3.05, 3.63) is 71.8 Å². The zero-order valence-corrected chi connectivity index (χ0v) is 14.4. The maximum absolute atomic E-state index is 12.9. The number of rotatable bonds is 5. The largest absolute Gasteiger partial charge is 0.465 e. The van der Waals surface area contributed by atoms with Gasteiger partial charge in [-0.1, -0.05) is 60.7 Å². The minimum atomic E-state index is -0.720. The first kappa shape index (κ1) is 17.4. The summed E-state index contributed by atoms with van der Waals surface area (Å²) < 4.78 is 5.15. The number of benzene rings is 2. The van der Waals surface area contributed by atoms with E-state index in [1.807, 2.05) is 48.5 Å². The number of hydrogen-bond donors (Lipinski definition) is 0. The smallest absolute Gasteiger partial charge is 0.317 e. The van der Waals surface area contributed by atoms with Gasteiger partial charge >= 0.3 is 5.97 Å². The first-order valence-electron chi connectivity index (χ1n) is 8.70. The van der Waals surface area contributed by atoms with Gasteiger partial charge in [0.2, 0.25) is 0 Å². The van der Waals surface area contributed by atoms with Gasteiger partial charge in [-0.25, -0.2) is 0 Å². The fourth-order valence-corrected chi connectivity index (χ4v) is 3.37. The molecule has 0 saturated carbocycles. The summed E-state index contributed by atoms with van der Waals surface area (Å²) >= 11 is 0. The molecule has 1 heterocycles. The van der Waals surface area contributed by atoms with Crippen LogP contribution < -0.4 is 0 Å². The molecule has 2 aromatic carbocycles. The fourth-order valence-electron chi connectivity index (χ4n) is 3.37. The lowest BCUT2D eigenvalue weighted by Gasteiger charge is -2.36. The lowest BCUT2D eigenvalue weighted by molar-refractivity contribution is -0.154. The van der Waals surface area contributed by atoms with E-state index in [2.05, 4.69) is 17.0 Å². The molecule has 0 bridgehead atoms. The van der Waals surface area contributed by atoms with E-state index in [1.54, 1.807) is 6.92 Å². The summed E-state index contributed by atoms with van der Waals surface area (Å²) in [5, 5.41) is 0. The van der Waals surface area contributed by atoms with E-state index in [0.29, 0.717) is 19.6 Å². The van der Waals surface area contributed by atoms with Gasteiger partial charge in [-0.15, -0.1) is 0 Å². The van der Waals surface area contributed by atoms with Gasteiger partial charge in [-0.05, 0) is 18.1 Å². The molecule has 1 fully saturated rings.